The van der Waals surface area contributed by atoms with Crippen LogP contribution in [0.3, 0.4) is 0 Å². The number of fused-ring (bicyclic) bond motifs is 33. The fraction of sp³-hybridized carbons (Fsp3) is 0.0417. The van der Waals surface area contributed by atoms with Crippen molar-refractivity contribution >= 4 is 264 Å². The number of pyridine rings is 3. The quantitative estimate of drug-likeness (QED) is 0.100. The standard InChI is InChI=1S/C21H15N9.C21H9N9.C18H6N6S3.C12H6N6/c1-28-7-4-10-19(28)25-16-13(22-10)14-17(26-20-11(23-14)5-8-29(20)2)18-15(16)24-12-6-9-30(3)21(12)27-18;1-4-10-19(22-7-1)28-16-13(25-10)17-15(27-11-5-2-8-23-20(11)29-17)18-14(16)26-12-6-3-9-24-21(12)30-18;1-4-25-16-7(1)19-10-11-14(23-17-8(20-11)2-5-26-17)15-12(13(10)22-16)21-9-3-6-27-18(9)24-15;1-2-14-8-7(13-1)9-11(17-4-3-15-9)12-10(8)16-5-6-18-12/h4-9H,1-3H3;1-9H;1-6H;1-6H. The van der Waals surface area contributed by atoms with Crippen molar-refractivity contribution in [1.29, 1.82) is 0 Å². The predicted molar refractivity (Wildman–Crippen MR) is 404 cm³/mol. The van der Waals surface area contributed by atoms with E-state index in [0.29, 0.717) is 133 Å². The number of hydrogen-bond donors (Lipinski definition) is 0. The second-order valence-electron chi connectivity index (χ2n) is 24.3. The van der Waals surface area contributed by atoms with E-state index in [-0.39, 0.29) is 0 Å². The normalized spacial score (nSPS) is 12.1. The molecule has 4 aromatic carbocycles. The van der Waals surface area contributed by atoms with Crippen molar-refractivity contribution < 1.29 is 0 Å². The molecule has 0 fully saturated rings. The van der Waals surface area contributed by atoms with Crippen molar-refractivity contribution in [1.82, 2.24) is 148 Å². The lowest BCUT2D eigenvalue weighted by Gasteiger charge is -2.09. The topological polar surface area (TPSA) is 363 Å². The first-order chi connectivity index (χ1) is 51.7. The molecule has 25 aromatic rings. The second kappa shape index (κ2) is 22.3. The Morgan fingerprint density at radius 2 is 0.429 bits per heavy atom. The average molecular weight is 1420 g/mol. The largest absolute Gasteiger partial charge is 0.334 e. The number of aryl methyl sites for hydroxylation is 3. The van der Waals surface area contributed by atoms with Gasteiger partial charge in [-0.05, 0) is 88.9 Å². The lowest BCUT2D eigenvalue weighted by molar-refractivity contribution is 0.948. The lowest BCUT2D eigenvalue weighted by Crippen LogP contribution is -2.00. The van der Waals surface area contributed by atoms with Crippen LogP contribution in [-0.2, 0) is 21.1 Å². The van der Waals surface area contributed by atoms with Gasteiger partial charge < -0.3 is 13.7 Å². The summed E-state index contributed by atoms with van der Waals surface area (Å²) in [5.74, 6) is 0. The molecule has 0 aliphatic heterocycles. The molecule has 0 atom stereocenters. The van der Waals surface area contributed by atoms with Crippen LogP contribution in [0.15, 0.2) is 163 Å². The Morgan fingerprint density at radius 1 is 0.200 bits per heavy atom. The highest BCUT2D eigenvalue weighted by atomic mass is 32.1. The first kappa shape index (κ1) is 58.5. The zero-order chi connectivity index (χ0) is 69.3. The molecule has 21 heterocycles. The molecule has 0 aliphatic rings. The van der Waals surface area contributed by atoms with Crippen LogP contribution in [0.2, 0.25) is 0 Å². The minimum atomic E-state index is 0.533. The number of benzene rings is 4. The van der Waals surface area contributed by atoms with Gasteiger partial charge in [-0.25, -0.2) is 105 Å². The van der Waals surface area contributed by atoms with Gasteiger partial charge in [-0.1, -0.05) is 0 Å². The fourth-order valence-electron chi connectivity index (χ4n) is 13.3. The maximum absolute atomic E-state index is 4.94. The third-order valence-corrected chi connectivity index (χ3v) is 20.5. The zero-order valence-electron chi connectivity index (χ0n) is 54.2. The van der Waals surface area contributed by atoms with Crippen LogP contribution in [0.5, 0.6) is 0 Å². The number of hydrogen-bond acceptors (Lipinski definition) is 30. The van der Waals surface area contributed by atoms with Gasteiger partial charge in [-0.3, -0.25) is 29.9 Å². The van der Waals surface area contributed by atoms with Crippen LogP contribution in [0.1, 0.15) is 0 Å². The molecule has 0 amide bonds. The zero-order valence-corrected chi connectivity index (χ0v) is 56.7. The number of rotatable bonds is 0. The molecule has 0 N–H and O–H groups in total. The summed E-state index contributed by atoms with van der Waals surface area (Å²) in [5.41, 5.74) is 27.3. The first-order valence-electron chi connectivity index (χ1n) is 32.3. The van der Waals surface area contributed by atoms with Gasteiger partial charge in [-0.2, -0.15) is 0 Å². The van der Waals surface area contributed by atoms with Crippen molar-refractivity contribution in [3.8, 4) is 0 Å². The van der Waals surface area contributed by atoms with Gasteiger partial charge in [0.2, 0.25) is 0 Å². The summed E-state index contributed by atoms with van der Waals surface area (Å²) in [7, 11) is 5.88. The Hall–Kier alpha value is -14.3. The van der Waals surface area contributed by atoms with E-state index in [2.05, 4.69) is 44.9 Å². The van der Waals surface area contributed by atoms with E-state index < -0.39 is 0 Å². The maximum Gasteiger partial charge on any atom is 0.178 e. The van der Waals surface area contributed by atoms with Gasteiger partial charge in [0, 0.05) is 95.5 Å². The van der Waals surface area contributed by atoms with Crippen molar-refractivity contribution in [3.63, 3.8) is 0 Å². The van der Waals surface area contributed by atoms with Crippen LogP contribution in [0.25, 0.3) is 230 Å². The van der Waals surface area contributed by atoms with E-state index in [1.165, 1.54) is 0 Å². The third kappa shape index (κ3) is 9.01. The molecule has 33 heteroatoms. The van der Waals surface area contributed by atoms with Gasteiger partial charge in [0.05, 0.1) is 0 Å². The van der Waals surface area contributed by atoms with Crippen LogP contribution < -0.4 is 0 Å². The fourth-order valence-corrected chi connectivity index (χ4v) is 15.4. The highest BCUT2D eigenvalue weighted by Crippen LogP contribution is 2.38. The summed E-state index contributed by atoms with van der Waals surface area (Å²) in [4.78, 5) is 129. The first-order valence-corrected chi connectivity index (χ1v) is 35.0. The lowest BCUT2D eigenvalue weighted by atomic mass is 10.1. The highest BCUT2D eigenvalue weighted by molar-refractivity contribution is 7.17. The summed E-state index contributed by atoms with van der Waals surface area (Å²) < 4.78 is 5.87. The van der Waals surface area contributed by atoms with Crippen molar-refractivity contribution in [2.24, 2.45) is 21.1 Å². The molecule has 492 valence electrons. The summed E-state index contributed by atoms with van der Waals surface area (Å²) in [6.07, 6.45) is 20.8. The Kier molecular flexibility index (Phi) is 12.4. The monoisotopic (exact) mass is 1420 g/mol. The maximum atomic E-state index is 4.94. The van der Waals surface area contributed by atoms with Crippen molar-refractivity contribution in [2.45, 2.75) is 0 Å². The molecular weight excluding hydrogens is 1380 g/mol. The van der Waals surface area contributed by atoms with E-state index in [0.717, 1.165) is 97.6 Å². The van der Waals surface area contributed by atoms with Gasteiger partial charge >= 0.3 is 0 Å². The van der Waals surface area contributed by atoms with E-state index in [4.69, 9.17) is 89.7 Å². The minimum Gasteiger partial charge on any atom is -0.334 e. The van der Waals surface area contributed by atoms with Gasteiger partial charge in [-0.15, -0.1) is 34.0 Å². The Labute approximate surface area is 593 Å². The molecule has 0 unspecified atom stereocenters. The van der Waals surface area contributed by atoms with Crippen LogP contribution in [0.4, 0.5) is 0 Å². The number of aromatic nitrogens is 30. The van der Waals surface area contributed by atoms with Crippen LogP contribution in [-0.4, -0.2) is 148 Å². The number of thiophene rings is 3. The van der Waals surface area contributed by atoms with E-state index >= 15 is 0 Å². The SMILES string of the molecule is Cn1ccc2nc3c4nc5ccn(C)c5nc4c4nc5c(ccn5C)nc4c3nc21.c1cc2nc3c4nc5ccsc5nc4c4nc5sccc5nc4c3nc2s1.c1cnc2c(n1)c1nccnc1c1nccnc21.c1cnc2nc3c4nc5cccnc5nc4c4nc5cccnc5nc4c3nc2c1. The smallest absolute Gasteiger partial charge is 0.178 e. The third-order valence-electron chi connectivity index (χ3n) is 18.1. The molecule has 0 saturated heterocycles. The van der Waals surface area contributed by atoms with Crippen molar-refractivity contribution in [3.05, 3.63) is 163 Å². The molecule has 0 spiro atoms. The summed E-state index contributed by atoms with van der Waals surface area (Å²) in [6.45, 7) is 0. The van der Waals surface area contributed by atoms with E-state index in [1.54, 1.807) is 89.8 Å². The van der Waals surface area contributed by atoms with E-state index in [1.807, 2.05) is 142 Å². The second-order valence-corrected chi connectivity index (χ2v) is 27.0. The summed E-state index contributed by atoms with van der Waals surface area (Å²) in [5, 5.41) is 6.00. The molecular formula is C72H36N30S3. The molecule has 30 nitrogen and oxygen atoms in total. The summed E-state index contributed by atoms with van der Waals surface area (Å²) in [6, 6.07) is 22.9. The average Bonchev–Trinajstić information content (AvgIpc) is 1.68. The molecule has 0 bridgehead atoms. The molecule has 0 radical (unpaired) electrons. The molecule has 25 rings (SSSR count). The molecule has 21 aromatic heterocycles. The minimum absolute atomic E-state index is 0.533. The van der Waals surface area contributed by atoms with Crippen LogP contribution in [0, 0.1) is 0 Å². The predicted octanol–water partition coefficient (Wildman–Crippen LogP) is 12.8. The van der Waals surface area contributed by atoms with E-state index in [9.17, 15) is 0 Å². The summed E-state index contributed by atoms with van der Waals surface area (Å²) >= 11 is 4.72. The van der Waals surface area contributed by atoms with Crippen LogP contribution >= 0.6 is 34.0 Å². The Morgan fingerprint density at radius 3 is 0.705 bits per heavy atom. The Balaban J connectivity index is 0.0000000890. The molecule has 0 aliphatic carbocycles. The molecule has 105 heavy (non-hydrogen) atoms. The van der Waals surface area contributed by atoms with Gasteiger partial charge in [0.15, 0.2) is 33.9 Å². The van der Waals surface area contributed by atoms with Crippen molar-refractivity contribution in [2.75, 3.05) is 0 Å². The highest BCUT2D eigenvalue weighted by Gasteiger charge is 2.25. The van der Waals surface area contributed by atoms with Gasteiger partial charge in [0.1, 0.15) is 197 Å². The number of nitrogens with zero attached hydrogens (tertiary/aromatic N) is 30. The molecule has 0 saturated carbocycles. The Bertz CT molecular complexity index is 7160. The van der Waals surface area contributed by atoms with Gasteiger partial charge in [0.25, 0.3) is 0 Å².